The van der Waals surface area contributed by atoms with Crippen LogP contribution in [0, 0.1) is 17.1 Å². The minimum absolute atomic E-state index is 0.0405. The van der Waals surface area contributed by atoms with Crippen LogP contribution < -0.4 is 11.1 Å². The van der Waals surface area contributed by atoms with Crippen molar-refractivity contribution in [2.75, 3.05) is 18.6 Å². The number of nitrogens with two attached hydrogens (primary N) is 1. The van der Waals surface area contributed by atoms with Crippen LogP contribution in [0.5, 0.6) is 0 Å². The van der Waals surface area contributed by atoms with Crippen LogP contribution in [0.15, 0.2) is 41.5 Å². The first kappa shape index (κ1) is 19.3. The molecule has 0 saturated carbocycles. The van der Waals surface area contributed by atoms with Crippen molar-refractivity contribution in [2.45, 2.75) is 11.8 Å². The van der Waals surface area contributed by atoms with Gasteiger partial charge in [0.1, 0.15) is 25.0 Å². The monoisotopic (exact) mass is 389 g/mol. The topological polar surface area (TPSA) is 113 Å². The first-order valence-electron chi connectivity index (χ1n) is 8.07. The molecular formula is C18H14F3N5O2. The van der Waals surface area contributed by atoms with Crippen molar-refractivity contribution in [1.82, 2.24) is 4.98 Å². The van der Waals surface area contributed by atoms with Gasteiger partial charge >= 0.3 is 0 Å². The first-order valence-corrected chi connectivity index (χ1v) is 8.07. The largest absolute Gasteiger partial charge is 0.475 e. The standard InChI is InChI=1S/C18H14F3N5O2/c19-9-18(21)14(23)8-28-17(26-18)11-2-1-3-12(15(11)20)25-16(27)13-5-4-10(6-22)7-24-13/h1-5,7,14H,8-9,23H2,(H,25,27)/t14-,18-/m0/s1. The Morgan fingerprint density at radius 3 is 2.86 bits per heavy atom. The number of pyridine rings is 1. The minimum atomic E-state index is -2.72. The third kappa shape index (κ3) is 3.65. The Kier molecular flexibility index (Phi) is 5.28. The van der Waals surface area contributed by atoms with E-state index in [-0.39, 0.29) is 29.1 Å². The zero-order chi connectivity index (χ0) is 20.3. The SMILES string of the molecule is N#Cc1ccc(C(=O)Nc2cccc(C3=N[C@@](F)(CF)[C@@H](N)CO3)c2F)nc1. The third-order valence-corrected chi connectivity index (χ3v) is 4.05. The molecule has 1 aromatic heterocycles. The third-order valence-electron chi connectivity index (χ3n) is 4.05. The lowest BCUT2D eigenvalue weighted by atomic mass is 10.1. The number of hydrogen-bond donors (Lipinski definition) is 2. The molecule has 0 radical (unpaired) electrons. The molecule has 2 atom stereocenters. The highest BCUT2D eigenvalue weighted by atomic mass is 19.2. The number of aliphatic imine (C=N–C) groups is 1. The highest BCUT2D eigenvalue weighted by Crippen LogP contribution is 2.27. The molecule has 2 aromatic rings. The van der Waals surface area contributed by atoms with E-state index in [0.717, 1.165) is 0 Å². The van der Waals surface area contributed by atoms with Crippen LogP contribution in [0.1, 0.15) is 21.6 Å². The van der Waals surface area contributed by atoms with Gasteiger partial charge in [0.2, 0.25) is 11.7 Å². The summed E-state index contributed by atoms with van der Waals surface area (Å²) >= 11 is 0. The normalized spacial score (nSPS) is 21.2. The van der Waals surface area contributed by atoms with Gasteiger partial charge in [-0.1, -0.05) is 6.07 Å². The Labute approximate surface area is 157 Å². The second kappa shape index (κ2) is 7.66. The summed E-state index contributed by atoms with van der Waals surface area (Å²) in [5, 5.41) is 11.1. The van der Waals surface area contributed by atoms with E-state index in [1.165, 1.54) is 36.5 Å². The summed E-state index contributed by atoms with van der Waals surface area (Å²) in [5.74, 6) is -4.84. The van der Waals surface area contributed by atoms with Gasteiger partial charge < -0.3 is 15.8 Å². The number of aromatic nitrogens is 1. The zero-order valence-corrected chi connectivity index (χ0v) is 14.3. The Bertz CT molecular complexity index is 974. The van der Waals surface area contributed by atoms with Crippen molar-refractivity contribution in [3.63, 3.8) is 0 Å². The van der Waals surface area contributed by atoms with Gasteiger partial charge in [0.05, 0.1) is 22.9 Å². The average Bonchev–Trinajstić information content (AvgIpc) is 2.71. The average molecular weight is 389 g/mol. The lowest BCUT2D eigenvalue weighted by molar-refractivity contribution is 0.0496. The molecule has 7 nitrogen and oxygen atoms in total. The second-order valence-corrected chi connectivity index (χ2v) is 5.95. The number of alkyl halides is 2. The number of nitriles is 1. The van der Waals surface area contributed by atoms with Gasteiger partial charge in [0.15, 0.2) is 5.82 Å². The van der Waals surface area contributed by atoms with E-state index in [1.807, 2.05) is 6.07 Å². The molecule has 28 heavy (non-hydrogen) atoms. The molecule has 10 heteroatoms. The number of carbonyl (C=O) groups excluding carboxylic acids is 1. The van der Waals surface area contributed by atoms with Crippen LogP contribution in [0.25, 0.3) is 0 Å². The van der Waals surface area contributed by atoms with Crippen LogP contribution in [-0.2, 0) is 4.74 Å². The van der Waals surface area contributed by atoms with Crippen LogP contribution in [0.3, 0.4) is 0 Å². The summed E-state index contributed by atoms with van der Waals surface area (Å²) in [5.41, 5.74) is 5.19. The molecule has 144 valence electrons. The highest BCUT2D eigenvalue weighted by Gasteiger charge is 2.42. The Morgan fingerprint density at radius 1 is 1.43 bits per heavy atom. The molecule has 0 saturated heterocycles. The summed E-state index contributed by atoms with van der Waals surface area (Å²) in [6, 6.07) is 7.14. The molecule has 3 rings (SSSR count). The van der Waals surface area contributed by atoms with Crippen LogP contribution >= 0.6 is 0 Å². The van der Waals surface area contributed by atoms with E-state index in [4.69, 9.17) is 15.7 Å². The number of hydrogen-bond acceptors (Lipinski definition) is 6. The molecule has 0 spiro atoms. The van der Waals surface area contributed by atoms with E-state index in [2.05, 4.69) is 15.3 Å². The van der Waals surface area contributed by atoms with Crippen molar-refractivity contribution in [2.24, 2.45) is 10.7 Å². The number of rotatable bonds is 4. The summed E-state index contributed by atoms with van der Waals surface area (Å²) in [4.78, 5) is 19.5. The quantitative estimate of drug-likeness (QED) is 0.778. The minimum Gasteiger partial charge on any atom is -0.475 e. The molecule has 1 amide bonds. The molecule has 2 heterocycles. The fourth-order valence-electron chi connectivity index (χ4n) is 2.42. The summed E-state index contributed by atoms with van der Waals surface area (Å²) < 4.78 is 47.3. The fourth-order valence-corrected chi connectivity index (χ4v) is 2.42. The number of halogens is 3. The predicted molar refractivity (Wildman–Crippen MR) is 93.6 cm³/mol. The molecular weight excluding hydrogens is 375 g/mol. The van der Waals surface area contributed by atoms with Crippen LogP contribution in [0.4, 0.5) is 18.9 Å². The van der Waals surface area contributed by atoms with Crippen molar-refractivity contribution in [3.8, 4) is 6.07 Å². The van der Waals surface area contributed by atoms with Gasteiger partial charge in [0.25, 0.3) is 5.91 Å². The Balaban J connectivity index is 1.88. The molecule has 1 aromatic carbocycles. The van der Waals surface area contributed by atoms with Gasteiger partial charge in [-0.05, 0) is 24.3 Å². The number of nitrogens with one attached hydrogen (secondary N) is 1. The smallest absolute Gasteiger partial charge is 0.274 e. The number of carbonyl (C=O) groups is 1. The summed E-state index contributed by atoms with van der Waals surface area (Å²) in [6.45, 7) is -1.87. The van der Waals surface area contributed by atoms with Gasteiger partial charge in [0, 0.05) is 6.20 Å². The molecule has 1 aliphatic heterocycles. The Morgan fingerprint density at radius 2 is 2.21 bits per heavy atom. The maximum Gasteiger partial charge on any atom is 0.274 e. The van der Waals surface area contributed by atoms with E-state index < -0.39 is 36.1 Å². The molecule has 0 aliphatic carbocycles. The number of benzene rings is 1. The molecule has 0 unspecified atom stereocenters. The Hall–Kier alpha value is -3.45. The van der Waals surface area contributed by atoms with Gasteiger partial charge in [-0.15, -0.1) is 0 Å². The number of amides is 1. The number of anilines is 1. The van der Waals surface area contributed by atoms with Crippen molar-refractivity contribution < 1.29 is 22.7 Å². The van der Waals surface area contributed by atoms with Gasteiger partial charge in [-0.3, -0.25) is 4.79 Å². The predicted octanol–water partition coefficient (Wildman–Crippen LogP) is 2.08. The van der Waals surface area contributed by atoms with Gasteiger partial charge in [-0.2, -0.15) is 5.26 Å². The van der Waals surface area contributed by atoms with Gasteiger partial charge in [-0.25, -0.2) is 23.1 Å². The van der Waals surface area contributed by atoms with E-state index in [9.17, 15) is 18.0 Å². The number of ether oxygens (including phenoxy) is 1. The van der Waals surface area contributed by atoms with E-state index >= 15 is 0 Å². The molecule has 0 bridgehead atoms. The van der Waals surface area contributed by atoms with E-state index in [1.54, 1.807) is 0 Å². The number of nitrogens with zero attached hydrogens (tertiary/aromatic N) is 3. The molecule has 1 aliphatic rings. The zero-order valence-electron chi connectivity index (χ0n) is 14.3. The summed E-state index contributed by atoms with van der Waals surface area (Å²) in [6.07, 6.45) is 1.20. The highest BCUT2D eigenvalue weighted by molar-refractivity contribution is 6.04. The molecule has 0 fully saturated rings. The fraction of sp³-hybridized carbons (Fsp3) is 0.222. The van der Waals surface area contributed by atoms with E-state index in [0.29, 0.717) is 0 Å². The maximum atomic E-state index is 14.8. The van der Waals surface area contributed by atoms with Crippen LogP contribution in [0.2, 0.25) is 0 Å². The lowest BCUT2D eigenvalue weighted by Crippen LogP contribution is -2.52. The first-order chi connectivity index (χ1) is 13.4. The maximum absolute atomic E-state index is 14.8. The van der Waals surface area contributed by atoms with Crippen molar-refractivity contribution in [1.29, 1.82) is 5.26 Å². The van der Waals surface area contributed by atoms with Crippen molar-refractivity contribution >= 4 is 17.5 Å². The van der Waals surface area contributed by atoms with Crippen molar-refractivity contribution in [3.05, 3.63) is 59.2 Å². The second-order valence-electron chi connectivity index (χ2n) is 5.95. The summed E-state index contributed by atoms with van der Waals surface area (Å²) in [7, 11) is 0. The van der Waals surface area contributed by atoms with Crippen LogP contribution in [-0.4, -0.2) is 41.9 Å². The molecule has 3 N–H and O–H groups in total. The lowest BCUT2D eigenvalue weighted by Gasteiger charge is -2.30.